The van der Waals surface area contributed by atoms with Crippen LogP contribution in [0.4, 0.5) is 0 Å². The van der Waals surface area contributed by atoms with Crippen LogP contribution in [-0.2, 0) is 11.2 Å². The second kappa shape index (κ2) is 11.8. The average molecular weight is 527 g/mol. The molecule has 1 aliphatic rings. The molecule has 1 unspecified atom stereocenters. The van der Waals surface area contributed by atoms with Crippen LogP contribution >= 0.6 is 22.9 Å². The molecule has 2 heterocycles. The highest BCUT2D eigenvalue weighted by molar-refractivity contribution is 7.10. The normalized spacial score (nSPS) is 14.8. The van der Waals surface area contributed by atoms with E-state index in [2.05, 4.69) is 11.4 Å². The summed E-state index contributed by atoms with van der Waals surface area (Å²) in [5.41, 5.74) is 2.56. The van der Waals surface area contributed by atoms with Crippen molar-refractivity contribution in [1.29, 1.82) is 0 Å². The van der Waals surface area contributed by atoms with Crippen molar-refractivity contribution in [2.75, 3.05) is 33.4 Å². The molecule has 2 amide bonds. The highest BCUT2D eigenvalue weighted by atomic mass is 35.5. The van der Waals surface area contributed by atoms with Crippen LogP contribution in [0.3, 0.4) is 0 Å². The molecule has 0 aliphatic carbocycles. The molecule has 6 nitrogen and oxygen atoms in total. The first kappa shape index (κ1) is 26.0. The molecule has 0 saturated carbocycles. The van der Waals surface area contributed by atoms with Crippen molar-refractivity contribution in [1.82, 2.24) is 9.80 Å². The molecule has 1 atom stereocenters. The van der Waals surface area contributed by atoms with E-state index in [0.29, 0.717) is 41.8 Å². The number of fused-ring (bicyclic) bond motifs is 1. The number of carbonyl (C=O) groups excluding carboxylic acids is 2. The average Bonchev–Trinajstić information content (AvgIpc) is 3.37. The number of amides is 2. The SMILES string of the molecule is CCCN(CC(=O)N1CCc2sccc2C1COc1ccc(Cl)c(C)c1)C(=O)c1cccc(OC)c1. The Kier molecular flexibility index (Phi) is 8.54. The maximum absolute atomic E-state index is 13.6. The van der Waals surface area contributed by atoms with Crippen LogP contribution in [0.1, 0.15) is 45.7 Å². The van der Waals surface area contributed by atoms with Gasteiger partial charge in [-0.2, -0.15) is 0 Å². The lowest BCUT2D eigenvalue weighted by Gasteiger charge is -2.37. The number of nitrogens with zero attached hydrogens (tertiary/aromatic N) is 2. The van der Waals surface area contributed by atoms with Crippen LogP contribution in [0.25, 0.3) is 0 Å². The number of benzene rings is 2. The minimum Gasteiger partial charge on any atom is -0.497 e. The second-order valence-electron chi connectivity index (χ2n) is 8.83. The van der Waals surface area contributed by atoms with E-state index >= 15 is 0 Å². The van der Waals surface area contributed by atoms with Crippen LogP contribution < -0.4 is 9.47 Å². The van der Waals surface area contributed by atoms with Crippen LogP contribution in [0.2, 0.25) is 5.02 Å². The summed E-state index contributed by atoms with van der Waals surface area (Å²) in [6.45, 7) is 5.36. The van der Waals surface area contributed by atoms with E-state index in [9.17, 15) is 9.59 Å². The zero-order valence-electron chi connectivity index (χ0n) is 20.8. The van der Waals surface area contributed by atoms with Crippen molar-refractivity contribution >= 4 is 34.8 Å². The quantitative estimate of drug-likeness (QED) is 0.355. The number of hydrogen-bond donors (Lipinski definition) is 0. The highest BCUT2D eigenvalue weighted by Gasteiger charge is 2.33. The van der Waals surface area contributed by atoms with Crippen LogP contribution in [0, 0.1) is 6.92 Å². The predicted molar refractivity (Wildman–Crippen MR) is 143 cm³/mol. The molecule has 36 heavy (non-hydrogen) atoms. The van der Waals surface area contributed by atoms with E-state index in [4.69, 9.17) is 21.1 Å². The van der Waals surface area contributed by atoms with Crippen LogP contribution in [0.5, 0.6) is 11.5 Å². The standard InChI is InChI=1S/C28H31ClN2O4S/c1-4-12-30(28(33)20-6-5-7-21(16-20)34-3)17-27(32)31-13-10-26-23(11-14-36-26)25(31)18-35-22-8-9-24(29)19(2)15-22/h5-9,11,14-16,25H,4,10,12-13,17-18H2,1-3H3. The minimum atomic E-state index is -0.223. The first-order chi connectivity index (χ1) is 17.4. The lowest BCUT2D eigenvalue weighted by atomic mass is 10.00. The topological polar surface area (TPSA) is 59.1 Å². The van der Waals surface area contributed by atoms with Gasteiger partial charge in [0, 0.05) is 28.6 Å². The monoisotopic (exact) mass is 526 g/mol. The second-order valence-corrected chi connectivity index (χ2v) is 10.2. The minimum absolute atomic E-state index is 0.0138. The van der Waals surface area contributed by atoms with Crippen molar-refractivity contribution in [3.63, 3.8) is 0 Å². The first-order valence-electron chi connectivity index (χ1n) is 12.1. The Balaban J connectivity index is 1.52. The molecule has 2 aromatic carbocycles. The van der Waals surface area contributed by atoms with Gasteiger partial charge in [-0.1, -0.05) is 24.6 Å². The van der Waals surface area contributed by atoms with Gasteiger partial charge in [-0.3, -0.25) is 9.59 Å². The Morgan fingerprint density at radius 1 is 1.17 bits per heavy atom. The molecule has 3 aromatic rings. The number of aryl methyl sites for hydroxylation is 1. The number of thiophene rings is 1. The summed E-state index contributed by atoms with van der Waals surface area (Å²) in [6, 6.07) is 14.5. The third-order valence-corrected chi connectivity index (χ3v) is 7.80. The van der Waals surface area contributed by atoms with Gasteiger partial charge in [-0.05, 0) is 78.7 Å². The fourth-order valence-corrected chi connectivity index (χ4v) is 5.52. The van der Waals surface area contributed by atoms with Crippen molar-refractivity contribution < 1.29 is 19.1 Å². The van der Waals surface area contributed by atoms with Gasteiger partial charge in [0.15, 0.2) is 0 Å². The number of rotatable bonds is 9. The Morgan fingerprint density at radius 3 is 2.75 bits per heavy atom. The molecule has 0 spiro atoms. The molecule has 0 N–H and O–H groups in total. The third kappa shape index (κ3) is 5.85. The molecular formula is C28H31ClN2O4S. The van der Waals surface area contributed by atoms with Crippen LogP contribution in [0.15, 0.2) is 53.9 Å². The van der Waals surface area contributed by atoms with E-state index in [1.54, 1.807) is 47.6 Å². The fraction of sp³-hybridized carbons (Fsp3) is 0.357. The van der Waals surface area contributed by atoms with Gasteiger partial charge in [0.05, 0.1) is 13.2 Å². The van der Waals surface area contributed by atoms with E-state index in [1.807, 2.05) is 36.9 Å². The van der Waals surface area contributed by atoms with Gasteiger partial charge in [0.25, 0.3) is 5.91 Å². The van der Waals surface area contributed by atoms with Gasteiger partial charge < -0.3 is 19.3 Å². The summed E-state index contributed by atoms with van der Waals surface area (Å²) >= 11 is 7.87. The number of methoxy groups -OCH3 is 1. The fourth-order valence-electron chi connectivity index (χ4n) is 4.47. The Bertz CT molecular complexity index is 1230. The largest absolute Gasteiger partial charge is 0.497 e. The van der Waals surface area contributed by atoms with Gasteiger partial charge in [-0.15, -0.1) is 11.3 Å². The summed E-state index contributed by atoms with van der Waals surface area (Å²) in [4.78, 5) is 31.7. The summed E-state index contributed by atoms with van der Waals surface area (Å²) in [5.74, 6) is 1.06. The van der Waals surface area contributed by atoms with E-state index < -0.39 is 0 Å². The molecular weight excluding hydrogens is 496 g/mol. The molecule has 0 fully saturated rings. The van der Waals surface area contributed by atoms with Crippen molar-refractivity contribution in [2.24, 2.45) is 0 Å². The predicted octanol–water partition coefficient (Wildman–Crippen LogP) is 5.78. The molecule has 0 radical (unpaired) electrons. The maximum Gasteiger partial charge on any atom is 0.254 e. The number of carbonyl (C=O) groups is 2. The Labute approximate surface area is 221 Å². The van der Waals surface area contributed by atoms with Crippen molar-refractivity contribution in [3.05, 3.63) is 80.5 Å². The van der Waals surface area contributed by atoms with Crippen molar-refractivity contribution in [2.45, 2.75) is 32.7 Å². The van der Waals surface area contributed by atoms with Crippen molar-refractivity contribution in [3.8, 4) is 11.5 Å². The number of ether oxygens (including phenoxy) is 2. The first-order valence-corrected chi connectivity index (χ1v) is 13.3. The molecule has 0 bridgehead atoms. The van der Waals surface area contributed by atoms with E-state index in [1.165, 1.54) is 4.88 Å². The zero-order chi connectivity index (χ0) is 25.7. The number of hydrogen-bond acceptors (Lipinski definition) is 5. The molecule has 190 valence electrons. The third-order valence-electron chi connectivity index (χ3n) is 6.38. The Hall–Kier alpha value is -3.03. The highest BCUT2D eigenvalue weighted by Crippen LogP contribution is 2.34. The van der Waals surface area contributed by atoms with E-state index in [-0.39, 0.29) is 24.4 Å². The summed E-state index contributed by atoms with van der Waals surface area (Å²) in [5, 5.41) is 2.75. The maximum atomic E-state index is 13.6. The Morgan fingerprint density at radius 2 is 2.00 bits per heavy atom. The molecule has 0 saturated heterocycles. The lowest BCUT2D eigenvalue weighted by molar-refractivity contribution is -0.135. The summed E-state index contributed by atoms with van der Waals surface area (Å²) in [7, 11) is 1.57. The van der Waals surface area contributed by atoms with E-state index in [0.717, 1.165) is 24.0 Å². The number of halogens is 1. The molecule has 8 heteroatoms. The van der Waals surface area contributed by atoms with Gasteiger partial charge in [-0.25, -0.2) is 0 Å². The summed E-state index contributed by atoms with van der Waals surface area (Å²) in [6.07, 6.45) is 1.55. The van der Waals surface area contributed by atoms with Gasteiger partial charge >= 0.3 is 0 Å². The molecule has 4 rings (SSSR count). The molecule has 1 aliphatic heterocycles. The zero-order valence-corrected chi connectivity index (χ0v) is 22.4. The smallest absolute Gasteiger partial charge is 0.254 e. The van der Waals surface area contributed by atoms with Gasteiger partial charge in [0.2, 0.25) is 5.91 Å². The van der Waals surface area contributed by atoms with Crippen LogP contribution in [-0.4, -0.2) is 55.0 Å². The van der Waals surface area contributed by atoms with Gasteiger partial charge in [0.1, 0.15) is 24.7 Å². The molecule has 1 aromatic heterocycles. The lowest BCUT2D eigenvalue weighted by Crippen LogP contribution is -2.48. The summed E-state index contributed by atoms with van der Waals surface area (Å²) < 4.78 is 11.4.